The van der Waals surface area contributed by atoms with Gasteiger partial charge in [0, 0.05) is 24.5 Å². The van der Waals surface area contributed by atoms with E-state index in [1.807, 2.05) is 56.3 Å². The van der Waals surface area contributed by atoms with Gasteiger partial charge in [0.05, 0.1) is 118 Å². The molecule has 0 saturated carbocycles. The summed E-state index contributed by atoms with van der Waals surface area (Å²) in [7, 11) is -16.1. The number of rotatable bonds is 73. The monoisotopic (exact) mass is 1810 g/mol. The molecule has 13 N–H and O–H groups in total. The lowest BCUT2D eigenvalue weighted by Gasteiger charge is -2.19. The Balaban J connectivity index is -0.000000718. The van der Waals surface area contributed by atoms with E-state index in [1.54, 1.807) is 24.3 Å². The van der Waals surface area contributed by atoms with Crippen LogP contribution in [0.1, 0.15) is 198 Å². The number of benzene rings is 3. The number of methoxy groups -OCH3 is 1. The van der Waals surface area contributed by atoms with Crippen molar-refractivity contribution in [3.63, 3.8) is 0 Å². The van der Waals surface area contributed by atoms with E-state index >= 15 is 0 Å². The second kappa shape index (κ2) is 84.2. The second-order valence-electron chi connectivity index (χ2n) is 26.7. The predicted molar refractivity (Wildman–Crippen MR) is 471 cm³/mol. The number of unbranched alkanes of at least 4 members (excludes halogenated alkanes) is 18. The zero-order valence-corrected chi connectivity index (χ0v) is 76.9. The molecular weight excluding hydrogens is 1660 g/mol. The molecule has 3 aromatic rings. The Morgan fingerprint density at radius 3 is 1.07 bits per heavy atom. The Hall–Kier alpha value is -5.32. The van der Waals surface area contributed by atoms with Crippen LogP contribution < -0.4 is 38.3 Å². The van der Waals surface area contributed by atoms with Crippen molar-refractivity contribution in [2.75, 3.05) is 146 Å². The summed E-state index contributed by atoms with van der Waals surface area (Å²) in [5.41, 5.74) is 4.90. The Labute approximate surface area is 726 Å². The van der Waals surface area contributed by atoms with Crippen molar-refractivity contribution in [1.29, 1.82) is 0 Å². The van der Waals surface area contributed by atoms with Crippen LogP contribution in [0.2, 0.25) is 0 Å². The Morgan fingerprint density at radius 2 is 0.727 bits per heavy atom. The van der Waals surface area contributed by atoms with E-state index in [1.165, 1.54) is 159 Å². The molecule has 706 valence electrons. The molecule has 0 aliphatic rings. The summed E-state index contributed by atoms with van der Waals surface area (Å²) in [4.78, 5) is 0. The number of allylic oxidation sites excluding steroid dienone is 1. The lowest BCUT2D eigenvalue weighted by Crippen LogP contribution is -2.29. The summed E-state index contributed by atoms with van der Waals surface area (Å²) in [5.74, 6) is 11.3. The minimum Gasteiger partial charge on any atom is -0.726 e. The van der Waals surface area contributed by atoms with Gasteiger partial charge < -0.3 is 92.5 Å². The summed E-state index contributed by atoms with van der Waals surface area (Å²) < 4.78 is 194. The highest BCUT2D eigenvalue weighted by molar-refractivity contribution is 7.81. The molecule has 0 aliphatic carbocycles. The molecule has 3 aromatic carbocycles. The first-order chi connectivity index (χ1) is 57.3. The third-order valence-corrected chi connectivity index (χ3v) is 18.8. The first-order valence-corrected chi connectivity index (χ1v) is 46.5. The van der Waals surface area contributed by atoms with Crippen molar-refractivity contribution >= 4 is 47.7 Å². The number of nitrogens with two attached hydrogens (primary N) is 2. The van der Waals surface area contributed by atoms with Gasteiger partial charge in [-0.15, -0.1) is 26.3 Å². The van der Waals surface area contributed by atoms with Gasteiger partial charge in [0.15, 0.2) is 0 Å². The molecule has 0 amide bonds. The van der Waals surface area contributed by atoms with Gasteiger partial charge >= 0.3 is 20.8 Å². The average molecular weight is 1810 g/mol. The molecule has 33 nitrogen and oxygen atoms in total. The van der Waals surface area contributed by atoms with E-state index in [4.69, 9.17) is 61.9 Å². The van der Waals surface area contributed by atoms with Gasteiger partial charge in [-0.1, -0.05) is 218 Å². The van der Waals surface area contributed by atoms with Crippen molar-refractivity contribution in [2.45, 2.75) is 220 Å². The Bertz CT molecular complexity index is 3440. The van der Waals surface area contributed by atoms with E-state index in [2.05, 4.69) is 120 Å². The maximum Gasteiger partial charge on any atom is 0.409 e. The number of quaternary nitrogens is 2. The fourth-order valence-corrected chi connectivity index (χ4v) is 11.8. The lowest BCUT2D eigenvalue weighted by atomic mass is 10.0. The highest BCUT2D eigenvalue weighted by atomic mass is 32.3. The number of aliphatic hydroxyl groups excluding tert-OH is 1. The number of hydrogen-bond donors (Lipinski definition) is 5. The van der Waals surface area contributed by atoms with Gasteiger partial charge in [0.2, 0.25) is 20.8 Å². The predicted octanol–water partition coefficient (Wildman–Crippen LogP) is 14.4. The quantitative estimate of drug-likeness (QED) is 0.00875. The molecule has 6 unspecified atom stereocenters. The van der Waals surface area contributed by atoms with Crippen molar-refractivity contribution in [3.8, 4) is 17.2 Å². The zero-order chi connectivity index (χ0) is 88.6. The van der Waals surface area contributed by atoms with Crippen LogP contribution in [-0.2, 0) is 128 Å². The highest BCUT2D eigenvalue weighted by Gasteiger charge is 2.16. The van der Waals surface area contributed by atoms with E-state index in [-0.39, 0.29) is 117 Å². The molecule has 0 spiro atoms. The topological polar surface area (TPSA) is 510 Å². The first-order valence-electron chi connectivity index (χ1n) is 41.2. The van der Waals surface area contributed by atoms with E-state index in [0.29, 0.717) is 58.6 Å². The van der Waals surface area contributed by atoms with E-state index in [9.17, 15) is 43.5 Å². The molecule has 0 aromatic heterocycles. The van der Waals surface area contributed by atoms with Crippen LogP contribution >= 0.6 is 0 Å². The van der Waals surface area contributed by atoms with Gasteiger partial charge in [-0.2, -0.15) is 8.42 Å². The molecule has 0 aliphatic heterocycles. The third kappa shape index (κ3) is 80.3. The maximum atomic E-state index is 11.0. The summed E-state index contributed by atoms with van der Waals surface area (Å²) in [6, 6.07) is 22.4. The maximum absolute atomic E-state index is 11.0. The standard InChI is InChI=1S/C23H38O7S.C23H38O4.C20H33NO5S.C9H19NO6S.C9H18O7S.2H3N/c1-3-5-6-7-8-9-10-11-21-12-14-22(15-13-21)29-20-23(19-27-16-4-2)28-17-18-30-31(24,25)26;1-3-5-6-7-8-9-10-11-21-12-14-22(15-13-21)27-20-23(26-18-16-24)19-25-17-4-2;1-3-5-6-7-8-9-10-12-18-13-14-20(19(17-18)11-4-2)24-15-16-25-27(22,23)26-21;1-3-5-13-8-9(4-2)14-6-7-15-17(11,12)16-10;1-3-4-14-8-9(7-13-2)15-5-6-16-17(10,11)12;;/h4,12-15,23H,2-3,5-11,16-20H2,1H3,(H,24,25,26);4,12-15,23-24H,2-3,5-11,16-20H2,1H3;4,11,13-14,17H,3,5-10,12,15-16,21H2,1-2H3;3,9H,1,4-8,10H2,2H3;3,9H,1,4-8H2,2H3,(H,10,11,12);2*1H3/b;;11-4+;;;;. The average Bonchev–Trinajstić information content (AvgIpc) is 0.858. The Kier molecular flexibility index (Phi) is 84.9. The van der Waals surface area contributed by atoms with E-state index in [0.717, 1.165) is 42.7 Å². The fraction of sp³-hybridized carbons (Fsp3) is 0.667. The van der Waals surface area contributed by atoms with Crippen LogP contribution in [0, 0.1) is 0 Å². The van der Waals surface area contributed by atoms with Crippen LogP contribution in [0.5, 0.6) is 17.2 Å². The zero-order valence-electron chi connectivity index (χ0n) is 73.6. The fourth-order valence-electron chi connectivity index (χ4n) is 10.6. The Morgan fingerprint density at radius 1 is 0.405 bits per heavy atom. The highest BCUT2D eigenvalue weighted by Crippen LogP contribution is 2.24. The van der Waals surface area contributed by atoms with Crippen molar-refractivity contribution < 1.29 is 130 Å². The molecule has 121 heavy (non-hydrogen) atoms. The summed E-state index contributed by atoms with van der Waals surface area (Å²) >= 11 is 0. The van der Waals surface area contributed by atoms with Crippen molar-refractivity contribution in [2.24, 2.45) is 11.8 Å². The van der Waals surface area contributed by atoms with Crippen molar-refractivity contribution in [3.05, 3.63) is 146 Å². The SMILES string of the molecule is C/C=C/c1cc(CCCCCCCCC)ccc1OCCOS(=O)([O-])=[O+]N.C=CCOCC(CC)OCCOS(=O)([O-])=[O+]N.C=CCOCC(COC)OCCOS(=O)(=O)[O-].C=CCOCC(COc1ccc(CCCCCCCCC)cc1)OCCO.C=CCOCC(COc1ccc(CCCCCCCCC)cc1)OCCOS(=O)(=O)[O-].[NH4+].[NH4+]. The van der Waals surface area contributed by atoms with E-state index < -0.39 is 47.7 Å². The van der Waals surface area contributed by atoms with Gasteiger partial charge in [-0.25, -0.2) is 25.2 Å². The second-order valence-corrected chi connectivity index (χ2v) is 31.3. The van der Waals surface area contributed by atoms with Gasteiger partial charge in [0.1, 0.15) is 62.0 Å². The summed E-state index contributed by atoms with van der Waals surface area (Å²) in [6.07, 6.45) is 40.8. The van der Waals surface area contributed by atoms with Gasteiger partial charge in [0.25, 0.3) is 0 Å². The minimum absolute atomic E-state index is 0. The largest absolute Gasteiger partial charge is 0.726 e. The number of aryl methyl sites for hydroxylation is 3. The smallest absolute Gasteiger partial charge is 0.409 e. The minimum atomic E-state index is -4.72. The van der Waals surface area contributed by atoms with Gasteiger partial charge in [-0.3, -0.25) is 8.37 Å². The number of aliphatic hydroxyl groups is 1. The van der Waals surface area contributed by atoms with Crippen LogP contribution in [0.3, 0.4) is 0 Å². The number of hydrogen-bond acceptors (Lipinski definition) is 27. The normalized spacial score (nSPS) is 13.1. The molecule has 0 bridgehead atoms. The van der Waals surface area contributed by atoms with Crippen LogP contribution in [-0.4, -0.2) is 219 Å². The molecule has 0 saturated heterocycles. The summed E-state index contributed by atoms with van der Waals surface area (Å²) in [5, 5.41) is 8.92. The molecule has 0 radical (unpaired) electrons. The molecule has 37 heteroatoms. The molecule has 0 fully saturated rings. The lowest BCUT2D eigenvalue weighted by molar-refractivity contribution is -0.0534. The summed E-state index contributed by atoms with van der Waals surface area (Å²) in [6.45, 7) is 28.1. The number of ether oxygens (including phenoxy) is 12. The first kappa shape index (κ1) is 122. The molecule has 0 heterocycles. The molecule has 6 atom stereocenters. The van der Waals surface area contributed by atoms with Crippen LogP contribution in [0.25, 0.3) is 6.08 Å². The van der Waals surface area contributed by atoms with Crippen molar-refractivity contribution in [1.82, 2.24) is 12.3 Å². The molecular formula is C84H152N4O29S4. The third-order valence-electron chi connectivity index (χ3n) is 16.6. The van der Waals surface area contributed by atoms with Crippen LogP contribution in [0.15, 0.2) is 123 Å². The molecule has 3 rings (SSSR count). The van der Waals surface area contributed by atoms with Crippen LogP contribution in [0.4, 0.5) is 0 Å². The van der Waals surface area contributed by atoms with Gasteiger partial charge in [-0.05, 0) is 105 Å².